The summed E-state index contributed by atoms with van der Waals surface area (Å²) in [6.45, 7) is 6.41. The second kappa shape index (κ2) is 10.8. The predicted molar refractivity (Wildman–Crippen MR) is 125 cm³/mol. The largest absolute Gasteiger partial charge is 0.496 e. The predicted octanol–water partition coefficient (Wildman–Crippen LogP) is 6.00. The molecular formula is C26H28F3NO5. The first-order valence-corrected chi connectivity index (χ1v) is 11.2. The third-order valence-electron chi connectivity index (χ3n) is 5.82. The van der Waals surface area contributed by atoms with Crippen LogP contribution in [-0.4, -0.2) is 25.6 Å². The van der Waals surface area contributed by atoms with Gasteiger partial charge in [-0.1, -0.05) is 23.8 Å². The molecule has 0 aromatic heterocycles. The first-order chi connectivity index (χ1) is 16.6. The third kappa shape index (κ3) is 5.78. The topological polar surface area (TPSA) is 73.9 Å². The number of hydrogen-bond acceptors (Lipinski definition) is 6. The summed E-state index contributed by atoms with van der Waals surface area (Å²) in [5.74, 6) is -0.987. The average molecular weight is 492 g/mol. The van der Waals surface area contributed by atoms with E-state index in [1.54, 1.807) is 7.11 Å². The number of hydrogen-bond donors (Lipinski definition) is 1. The highest BCUT2D eigenvalue weighted by molar-refractivity contribution is 6.01. The van der Waals surface area contributed by atoms with Crippen molar-refractivity contribution in [3.05, 3.63) is 63.7 Å². The molecular weight excluding hydrogens is 463 g/mol. The number of benzene rings is 2. The van der Waals surface area contributed by atoms with E-state index in [1.807, 2.05) is 26.8 Å². The normalized spacial score (nSPS) is 13.3. The molecule has 0 unspecified atom stereocenters. The maximum Gasteiger partial charge on any atom is 0.419 e. The van der Waals surface area contributed by atoms with Gasteiger partial charge in [-0.3, -0.25) is 4.79 Å². The second-order valence-electron chi connectivity index (χ2n) is 8.19. The molecule has 1 aliphatic rings. The highest BCUT2D eigenvalue weighted by atomic mass is 19.4. The number of carbonyl (C=O) groups excluding carboxylic acids is 2. The zero-order valence-electron chi connectivity index (χ0n) is 20.1. The minimum Gasteiger partial charge on any atom is -0.496 e. The van der Waals surface area contributed by atoms with Gasteiger partial charge in [0.1, 0.15) is 18.1 Å². The van der Waals surface area contributed by atoms with Crippen molar-refractivity contribution in [1.82, 2.24) is 0 Å². The van der Waals surface area contributed by atoms with Gasteiger partial charge in [0.2, 0.25) is 0 Å². The maximum absolute atomic E-state index is 13.1. The van der Waals surface area contributed by atoms with E-state index >= 15 is 0 Å². The molecule has 188 valence electrons. The number of nitrogens with one attached hydrogen (secondary N) is 1. The molecule has 2 aromatic carbocycles. The smallest absolute Gasteiger partial charge is 0.419 e. The van der Waals surface area contributed by atoms with E-state index in [2.05, 4.69) is 5.32 Å². The van der Waals surface area contributed by atoms with Crippen molar-refractivity contribution in [3.8, 4) is 11.5 Å². The molecule has 2 aromatic rings. The highest BCUT2D eigenvalue weighted by Crippen LogP contribution is 2.41. The van der Waals surface area contributed by atoms with E-state index in [0.717, 1.165) is 34.4 Å². The number of rotatable bonds is 9. The first kappa shape index (κ1) is 26.1. The third-order valence-corrected chi connectivity index (χ3v) is 5.82. The van der Waals surface area contributed by atoms with Gasteiger partial charge < -0.3 is 19.5 Å². The Morgan fingerprint density at radius 1 is 1.23 bits per heavy atom. The molecule has 0 aliphatic carbocycles. The lowest BCUT2D eigenvalue weighted by molar-refractivity contribution is -0.142. The quantitative estimate of drug-likeness (QED) is 0.264. The Bertz CT molecular complexity index is 1150. The van der Waals surface area contributed by atoms with Crippen LogP contribution in [0.3, 0.4) is 0 Å². The van der Waals surface area contributed by atoms with Crippen LogP contribution in [0, 0.1) is 6.92 Å². The van der Waals surface area contributed by atoms with Crippen LogP contribution >= 0.6 is 0 Å². The van der Waals surface area contributed by atoms with Gasteiger partial charge in [-0.15, -0.1) is 0 Å². The van der Waals surface area contributed by atoms with Crippen LogP contribution in [0.1, 0.15) is 59.3 Å². The lowest BCUT2D eigenvalue weighted by Gasteiger charge is -2.19. The van der Waals surface area contributed by atoms with Crippen molar-refractivity contribution in [3.63, 3.8) is 0 Å². The second-order valence-corrected chi connectivity index (χ2v) is 8.19. The molecule has 9 heteroatoms. The zero-order valence-corrected chi connectivity index (χ0v) is 20.1. The number of alkyl halides is 3. The van der Waals surface area contributed by atoms with Gasteiger partial charge in [-0.25, -0.2) is 4.79 Å². The Balaban J connectivity index is 1.75. The van der Waals surface area contributed by atoms with Gasteiger partial charge in [0.15, 0.2) is 0 Å². The van der Waals surface area contributed by atoms with Crippen LogP contribution in [0.25, 0.3) is 0 Å². The Labute approximate surface area is 202 Å². The number of esters is 2. The number of anilines is 1. The molecule has 0 fully saturated rings. The van der Waals surface area contributed by atoms with Crippen LogP contribution in [0.5, 0.6) is 11.5 Å². The number of para-hydroxylation sites is 1. The Morgan fingerprint density at radius 2 is 1.94 bits per heavy atom. The summed E-state index contributed by atoms with van der Waals surface area (Å²) in [4.78, 5) is 24.6. The van der Waals surface area contributed by atoms with Gasteiger partial charge in [0.25, 0.3) is 0 Å². The first-order valence-electron chi connectivity index (χ1n) is 11.2. The van der Waals surface area contributed by atoms with Crippen molar-refractivity contribution in [2.75, 3.05) is 19.0 Å². The van der Waals surface area contributed by atoms with Gasteiger partial charge in [-0.05, 0) is 51.3 Å². The van der Waals surface area contributed by atoms with E-state index in [0.29, 0.717) is 36.4 Å². The minimum absolute atomic E-state index is 0.0821. The van der Waals surface area contributed by atoms with E-state index in [9.17, 15) is 22.8 Å². The minimum atomic E-state index is -4.61. The van der Waals surface area contributed by atoms with Crippen LogP contribution in [0.2, 0.25) is 0 Å². The van der Waals surface area contributed by atoms with Gasteiger partial charge >= 0.3 is 18.1 Å². The molecule has 0 radical (unpaired) electrons. The fourth-order valence-electron chi connectivity index (χ4n) is 4.07. The fourth-order valence-corrected chi connectivity index (χ4v) is 4.07. The molecule has 0 amide bonds. The van der Waals surface area contributed by atoms with Gasteiger partial charge in [0.05, 0.1) is 23.9 Å². The number of cyclic esters (lactones) is 1. The molecule has 0 saturated carbocycles. The number of methoxy groups -OCH3 is 1. The number of ether oxygens (including phenoxy) is 3. The maximum atomic E-state index is 13.1. The molecule has 0 saturated heterocycles. The summed E-state index contributed by atoms with van der Waals surface area (Å²) in [5, 5.41) is 3.25. The van der Waals surface area contributed by atoms with Crippen molar-refractivity contribution >= 4 is 17.6 Å². The Morgan fingerprint density at radius 3 is 2.60 bits per heavy atom. The fraction of sp³-hybridized carbons (Fsp3) is 0.385. The molecule has 0 bridgehead atoms. The van der Waals surface area contributed by atoms with Crippen LogP contribution in [0.15, 0.2) is 35.9 Å². The summed E-state index contributed by atoms with van der Waals surface area (Å²) < 4.78 is 55.2. The lowest BCUT2D eigenvalue weighted by atomic mass is 9.93. The van der Waals surface area contributed by atoms with Crippen LogP contribution in [-0.2, 0) is 28.7 Å². The van der Waals surface area contributed by atoms with Crippen molar-refractivity contribution in [2.45, 2.75) is 52.8 Å². The molecule has 1 heterocycles. The molecule has 0 spiro atoms. The number of halogens is 3. The van der Waals surface area contributed by atoms with Crippen LogP contribution in [0.4, 0.5) is 18.9 Å². The average Bonchev–Trinajstić information content (AvgIpc) is 3.19. The van der Waals surface area contributed by atoms with Crippen molar-refractivity contribution in [2.24, 2.45) is 0 Å². The SMILES string of the molecule is CCNc1c(C/C=C(\C)CCC(=O)Oc2ccccc2C(F)(F)F)c(OC)c(C)c2c1C(=O)OC2. The molecule has 35 heavy (non-hydrogen) atoms. The molecule has 1 N–H and O–H groups in total. The standard InChI is InChI=1S/C26H28F3NO5/c1-5-30-23-17(24(33-4)16(3)18-14-34-25(32)22(18)23)12-10-15(2)11-13-21(31)35-20-9-7-6-8-19(20)26(27,28)29/h6-10,30H,5,11-14H2,1-4H3/b15-10+. The molecule has 1 aliphatic heterocycles. The van der Waals surface area contributed by atoms with Crippen LogP contribution < -0.4 is 14.8 Å². The van der Waals surface area contributed by atoms with E-state index in [-0.39, 0.29) is 19.0 Å². The van der Waals surface area contributed by atoms with E-state index in [1.165, 1.54) is 12.1 Å². The lowest BCUT2D eigenvalue weighted by Crippen LogP contribution is -2.13. The number of allylic oxidation sites excluding steroid dienone is 2. The summed E-state index contributed by atoms with van der Waals surface area (Å²) in [6, 6.07) is 4.62. The summed E-state index contributed by atoms with van der Waals surface area (Å²) in [7, 11) is 1.57. The number of carbonyl (C=O) groups is 2. The molecule has 6 nitrogen and oxygen atoms in total. The molecule has 3 rings (SSSR count). The molecule has 0 atom stereocenters. The Kier molecular flexibility index (Phi) is 8.09. The van der Waals surface area contributed by atoms with Gasteiger partial charge in [-0.2, -0.15) is 13.2 Å². The summed E-state index contributed by atoms with van der Waals surface area (Å²) >= 11 is 0. The highest BCUT2D eigenvalue weighted by Gasteiger charge is 2.35. The summed E-state index contributed by atoms with van der Waals surface area (Å²) in [6.07, 6.45) is -2.07. The monoisotopic (exact) mass is 491 g/mol. The Hall–Kier alpha value is -3.49. The zero-order chi connectivity index (χ0) is 25.8. The van der Waals surface area contributed by atoms with Gasteiger partial charge in [0, 0.05) is 24.1 Å². The van der Waals surface area contributed by atoms with Crippen molar-refractivity contribution < 1.29 is 37.0 Å². The summed E-state index contributed by atoms with van der Waals surface area (Å²) in [5.41, 5.74) is 3.46. The van der Waals surface area contributed by atoms with E-state index in [4.69, 9.17) is 14.2 Å². The number of fused-ring (bicyclic) bond motifs is 1. The van der Waals surface area contributed by atoms with E-state index < -0.39 is 23.5 Å². The van der Waals surface area contributed by atoms with Crippen molar-refractivity contribution in [1.29, 1.82) is 0 Å².